The Morgan fingerprint density at radius 1 is 0.860 bits per heavy atom. The van der Waals surface area contributed by atoms with Gasteiger partial charge in [-0.2, -0.15) is 0 Å². The molecule has 43 heavy (non-hydrogen) atoms. The molecule has 4 amide bonds. The number of aliphatic carboxylic acids is 2. The van der Waals surface area contributed by atoms with E-state index in [2.05, 4.69) is 31.6 Å². The van der Waals surface area contributed by atoms with Crippen LogP contribution < -0.4 is 38.1 Å². The number of amides is 4. The molecule has 16 nitrogen and oxygen atoms in total. The summed E-state index contributed by atoms with van der Waals surface area (Å²) in [7, 11) is 0. The molecule has 0 bridgehead atoms. The maximum absolute atomic E-state index is 13.4. The van der Waals surface area contributed by atoms with Gasteiger partial charge in [-0.05, 0) is 56.9 Å². The van der Waals surface area contributed by atoms with Gasteiger partial charge >= 0.3 is 11.9 Å². The predicted molar refractivity (Wildman–Crippen MR) is 157 cm³/mol. The van der Waals surface area contributed by atoms with Gasteiger partial charge < -0.3 is 48.3 Å². The molecule has 1 aliphatic rings. The van der Waals surface area contributed by atoms with E-state index in [9.17, 15) is 33.9 Å². The van der Waals surface area contributed by atoms with Crippen molar-refractivity contribution in [2.45, 2.75) is 103 Å². The van der Waals surface area contributed by atoms with Crippen molar-refractivity contribution in [1.29, 1.82) is 0 Å². The van der Waals surface area contributed by atoms with Gasteiger partial charge in [-0.1, -0.05) is 27.7 Å². The summed E-state index contributed by atoms with van der Waals surface area (Å²) in [5, 5.41) is 32.0. The molecule has 1 saturated heterocycles. The number of nitrogens with zero attached hydrogens (tertiary/aromatic N) is 1. The van der Waals surface area contributed by atoms with Crippen molar-refractivity contribution in [1.82, 2.24) is 26.6 Å². The van der Waals surface area contributed by atoms with Gasteiger partial charge in [0.2, 0.25) is 23.6 Å². The molecule has 0 radical (unpaired) electrons. The number of nitrogens with one attached hydrogen (secondary N) is 5. The van der Waals surface area contributed by atoms with E-state index in [1.807, 2.05) is 13.8 Å². The monoisotopic (exact) mass is 612 g/mol. The number of hydrogen-bond acceptors (Lipinski definition) is 8. The molecule has 0 aromatic heterocycles. The van der Waals surface area contributed by atoms with Gasteiger partial charge in [0, 0.05) is 13.0 Å². The lowest BCUT2D eigenvalue weighted by Gasteiger charge is -2.28. The lowest BCUT2D eigenvalue weighted by molar-refractivity contribution is -0.142. The summed E-state index contributed by atoms with van der Waals surface area (Å²) in [5.74, 6) is -5.64. The van der Waals surface area contributed by atoms with Crippen LogP contribution in [0.25, 0.3) is 0 Å². The van der Waals surface area contributed by atoms with Crippen molar-refractivity contribution < 1.29 is 39.0 Å². The average Bonchev–Trinajstić information content (AvgIpc) is 3.45. The van der Waals surface area contributed by atoms with Gasteiger partial charge in [0.05, 0.1) is 6.04 Å². The molecule has 1 rings (SSSR count). The van der Waals surface area contributed by atoms with Crippen molar-refractivity contribution >= 4 is 41.5 Å². The summed E-state index contributed by atoms with van der Waals surface area (Å²) in [5.41, 5.74) is 10.6. The summed E-state index contributed by atoms with van der Waals surface area (Å²) in [6.07, 6.45) is 1.30. The third kappa shape index (κ3) is 14.2. The quantitative estimate of drug-likeness (QED) is 0.0454. The van der Waals surface area contributed by atoms with Crippen LogP contribution in [0.2, 0.25) is 0 Å². The molecule has 5 atom stereocenters. The van der Waals surface area contributed by atoms with E-state index < -0.39 is 71.7 Å². The highest BCUT2D eigenvalue weighted by Gasteiger charge is 2.34. The normalized spacial score (nSPS) is 17.3. The molecule has 0 aliphatic carbocycles. The molecule has 1 aliphatic heterocycles. The minimum Gasteiger partial charge on any atom is -0.481 e. The van der Waals surface area contributed by atoms with Gasteiger partial charge in [-0.3, -0.25) is 29.0 Å². The number of rotatable bonds is 19. The number of carbonyl (C=O) groups is 6. The molecular weight excluding hydrogens is 564 g/mol. The van der Waals surface area contributed by atoms with Crippen molar-refractivity contribution in [2.24, 2.45) is 28.3 Å². The summed E-state index contributed by atoms with van der Waals surface area (Å²) in [6, 6.07) is -5.20. The second-order valence-corrected chi connectivity index (χ2v) is 11.4. The first-order chi connectivity index (χ1) is 20.1. The first-order valence-electron chi connectivity index (χ1n) is 14.6. The number of nitrogens with two attached hydrogens (primary N) is 2. The maximum atomic E-state index is 13.4. The Hall–Kier alpha value is -3.95. The zero-order valence-corrected chi connectivity index (χ0v) is 25.4. The molecule has 16 heteroatoms. The van der Waals surface area contributed by atoms with E-state index in [-0.39, 0.29) is 50.5 Å². The average molecular weight is 613 g/mol. The molecule has 244 valence electrons. The molecule has 11 N–H and O–H groups in total. The number of carbonyl (C=O) groups excluding carboxylic acids is 4. The molecule has 1 heterocycles. The summed E-state index contributed by atoms with van der Waals surface area (Å²) in [6.45, 7) is 7.82. The van der Waals surface area contributed by atoms with Crippen LogP contribution in [0.5, 0.6) is 0 Å². The molecule has 1 fully saturated rings. The molecular formula is C27H48N8O8. The van der Waals surface area contributed by atoms with Crippen LogP contribution in [-0.2, 0) is 28.8 Å². The Labute approximate surface area is 251 Å². The van der Waals surface area contributed by atoms with Gasteiger partial charge in [-0.25, -0.2) is 4.79 Å². The first kappa shape index (κ1) is 37.1. The Bertz CT molecular complexity index is 1010. The largest absolute Gasteiger partial charge is 0.481 e. The van der Waals surface area contributed by atoms with E-state index >= 15 is 0 Å². The predicted octanol–water partition coefficient (Wildman–Crippen LogP) is -1.62. The van der Waals surface area contributed by atoms with E-state index in [4.69, 9.17) is 16.6 Å². The van der Waals surface area contributed by atoms with E-state index in [0.29, 0.717) is 13.0 Å². The van der Waals surface area contributed by atoms with Crippen LogP contribution in [0.4, 0.5) is 0 Å². The van der Waals surface area contributed by atoms with Crippen LogP contribution in [0.1, 0.15) is 72.6 Å². The zero-order valence-electron chi connectivity index (χ0n) is 25.4. The van der Waals surface area contributed by atoms with Crippen LogP contribution in [0.15, 0.2) is 4.99 Å². The van der Waals surface area contributed by atoms with E-state index in [1.165, 1.54) is 0 Å². The highest BCUT2D eigenvalue weighted by molar-refractivity contribution is 5.95. The van der Waals surface area contributed by atoms with Crippen LogP contribution in [-0.4, -0.2) is 95.0 Å². The van der Waals surface area contributed by atoms with Gasteiger partial charge in [-0.15, -0.1) is 0 Å². The second kappa shape index (κ2) is 18.6. The Kier molecular flexibility index (Phi) is 16.0. The highest BCUT2D eigenvalue weighted by Crippen LogP contribution is 2.11. The van der Waals surface area contributed by atoms with Gasteiger partial charge in [0.1, 0.15) is 24.2 Å². The van der Waals surface area contributed by atoms with Gasteiger partial charge in [0.15, 0.2) is 5.96 Å². The molecule has 0 spiro atoms. The maximum Gasteiger partial charge on any atom is 0.326 e. The number of hydrogen-bond donors (Lipinski definition) is 9. The first-order valence-corrected chi connectivity index (χ1v) is 14.6. The lowest BCUT2D eigenvalue weighted by Crippen LogP contribution is -2.59. The highest BCUT2D eigenvalue weighted by atomic mass is 16.4. The third-order valence-corrected chi connectivity index (χ3v) is 6.80. The van der Waals surface area contributed by atoms with Crippen LogP contribution in [0.3, 0.4) is 0 Å². The number of guanidine groups is 1. The standard InChI is InChI=1S/C27H48N8O8/c1-14(2)13-19(24(40)33-18(26(42)43)8-6-12-31-27(28)29)34-25(41)21(15(3)4)35-23(39)17(9-10-20(36)37)32-22(38)16-7-5-11-30-16/h14-19,21,30H,5-13H2,1-4H3,(H,32,38)(H,33,40)(H,34,41)(H,35,39)(H,36,37)(H,42,43)(H4,28,29,31)/t16-,17-,18-,19-,21-/m0/s1. The van der Waals surface area contributed by atoms with Crippen molar-refractivity contribution in [2.75, 3.05) is 13.1 Å². The Morgan fingerprint density at radius 3 is 2.00 bits per heavy atom. The summed E-state index contributed by atoms with van der Waals surface area (Å²) < 4.78 is 0. The van der Waals surface area contributed by atoms with Crippen LogP contribution in [0, 0.1) is 11.8 Å². The fourth-order valence-electron chi connectivity index (χ4n) is 4.50. The number of aliphatic imine (C=N–C) groups is 1. The Morgan fingerprint density at radius 2 is 1.49 bits per heavy atom. The van der Waals surface area contributed by atoms with Gasteiger partial charge in [0.25, 0.3) is 0 Å². The molecule has 0 unspecified atom stereocenters. The topological polar surface area (TPSA) is 267 Å². The zero-order chi connectivity index (χ0) is 32.7. The second-order valence-electron chi connectivity index (χ2n) is 11.4. The lowest BCUT2D eigenvalue weighted by atomic mass is 9.99. The fraction of sp³-hybridized carbons (Fsp3) is 0.741. The SMILES string of the molecule is CC(C)C[C@H](NC(=O)[C@@H](NC(=O)[C@H](CCC(=O)O)NC(=O)[C@@H]1CCCN1)C(C)C)C(=O)N[C@@H](CCCN=C(N)N)C(=O)O. The summed E-state index contributed by atoms with van der Waals surface area (Å²) >= 11 is 0. The van der Waals surface area contributed by atoms with Crippen molar-refractivity contribution in [3.05, 3.63) is 0 Å². The minimum absolute atomic E-state index is 0.0463. The van der Waals surface area contributed by atoms with Crippen molar-refractivity contribution in [3.8, 4) is 0 Å². The molecule has 0 saturated carbocycles. The molecule has 0 aromatic carbocycles. The minimum atomic E-state index is -1.26. The number of carboxylic acids is 2. The van der Waals surface area contributed by atoms with Crippen LogP contribution >= 0.6 is 0 Å². The fourth-order valence-corrected chi connectivity index (χ4v) is 4.50. The summed E-state index contributed by atoms with van der Waals surface area (Å²) in [4.78, 5) is 79.1. The third-order valence-electron chi connectivity index (χ3n) is 6.80. The van der Waals surface area contributed by atoms with Crippen molar-refractivity contribution in [3.63, 3.8) is 0 Å². The van der Waals surface area contributed by atoms with E-state index in [0.717, 1.165) is 6.42 Å². The van der Waals surface area contributed by atoms with E-state index in [1.54, 1.807) is 13.8 Å². The smallest absolute Gasteiger partial charge is 0.326 e. The number of carboxylic acid groups (broad SMARTS) is 2. The molecule has 0 aromatic rings. The Balaban J connectivity index is 3.01.